The van der Waals surface area contributed by atoms with Crippen LogP contribution in [0.25, 0.3) is 0 Å². The van der Waals surface area contributed by atoms with E-state index >= 15 is 0 Å². The Morgan fingerprint density at radius 2 is 1.58 bits per heavy atom. The molecule has 0 saturated heterocycles. The molecule has 0 aliphatic carbocycles. The van der Waals surface area contributed by atoms with Crippen molar-refractivity contribution in [1.82, 2.24) is 4.98 Å². The number of rotatable bonds is 6. The molecule has 0 saturated carbocycles. The smallest absolute Gasteiger partial charge is 0.263 e. The van der Waals surface area contributed by atoms with Crippen molar-refractivity contribution in [2.45, 2.75) is 4.90 Å². The predicted octanol–water partition coefficient (Wildman–Crippen LogP) is 3.77. The highest BCUT2D eigenvalue weighted by atomic mass is 32.2. The van der Waals surface area contributed by atoms with Gasteiger partial charge in [0.1, 0.15) is 17.4 Å². The molecule has 1 heterocycles. The van der Waals surface area contributed by atoms with Crippen LogP contribution in [0.4, 0.5) is 21.6 Å². The minimum Gasteiger partial charge on any atom is -0.497 e. The lowest BCUT2D eigenvalue weighted by molar-refractivity contribution is 0.414. The van der Waals surface area contributed by atoms with E-state index < -0.39 is 10.0 Å². The molecule has 0 atom stereocenters. The van der Waals surface area contributed by atoms with Gasteiger partial charge in [0.25, 0.3) is 10.0 Å². The van der Waals surface area contributed by atoms with Gasteiger partial charge in [-0.25, -0.2) is 17.8 Å². The van der Waals surface area contributed by atoms with E-state index in [1.807, 2.05) is 0 Å². The molecule has 134 valence electrons. The van der Waals surface area contributed by atoms with Crippen LogP contribution in [0, 0.1) is 5.82 Å². The van der Waals surface area contributed by atoms with Gasteiger partial charge in [0.15, 0.2) is 0 Å². The first kappa shape index (κ1) is 17.7. The molecule has 0 bridgehead atoms. The Bertz CT molecular complexity index is 974. The fourth-order valence-electron chi connectivity index (χ4n) is 2.18. The van der Waals surface area contributed by atoms with Gasteiger partial charge in [-0.1, -0.05) is 0 Å². The van der Waals surface area contributed by atoms with Crippen LogP contribution in [-0.2, 0) is 10.0 Å². The van der Waals surface area contributed by atoms with E-state index in [-0.39, 0.29) is 16.5 Å². The van der Waals surface area contributed by atoms with E-state index in [4.69, 9.17) is 4.74 Å². The number of nitrogens with zero attached hydrogens (tertiary/aromatic N) is 1. The first-order valence-electron chi connectivity index (χ1n) is 7.62. The summed E-state index contributed by atoms with van der Waals surface area (Å²) in [5.74, 6) is 0.431. The lowest BCUT2D eigenvalue weighted by Crippen LogP contribution is -2.13. The van der Waals surface area contributed by atoms with Crippen LogP contribution in [0.15, 0.2) is 71.8 Å². The summed E-state index contributed by atoms with van der Waals surface area (Å²) in [7, 11) is -2.24. The summed E-state index contributed by atoms with van der Waals surface area (Å²) in [5, 5.41) is 3.05. The second kappa shape index (κ2) is 7.40. The summed E-state index contributed by atoms with van der Waals surface area (Å²) in [6.45, 7) is 0. The monoisotopic (exact) mass is 373 g/mol. The second-order valence-electron chi connectivity index (χ2n) is 5.35. The number of ether oxygens (including phenoxy) is 1. The summed E-state index contributed by atoms with van der Waals surface area (Å²) >= 11 is 0. The molecule has 0 aliphatic heterocycles. The van der Waals surface area contributed by atoms with Gasteiger partial charge in [-0.3, -0.25) is 4.72 Å². The number of hydrogen-bond acceptors (Lipinski definition) is 5. The molecule has 8 heteroatoms. The van der Waals surface area contributed by atoms with Crippen molar-refractivity contribution < 1.29 is 17.5 Å². The first-order valence-corrected chi connectivity index (χ1v) is 9.10. The maximum Gasteiger partial charge on any atom is 0.263 e. The van der Waals surface area contributed by atoms with Crippen LogP contribution < -0.4 is 14.8 Å². The van der Waals surface area contributed by atoms with E-state index in [0.29, 0.717) is 17.1 Å². The fraction of sp³-hybridized carbons (Fsp3) is 0.0556. The first-order chi connectivity index (χ1) is 12.5. The molecule has 1 aromatic heterocycles. The lowest BCUT2D eigenvalue weighted by atomic mass is 10.3. The number of halogens is 1. The zero-order chi connectivity index (χ0) is 18.6. The van der Waals surface area contributed by atoms with Crippen LogP contribution in [0.2, 0.25) is 0 Å². The van der Waals surface area contributed by atoms with Gasteiger partial charge in [-0.05, 0) is 60.7 Å². The summed E-state index contributed by atoms with van der Waals surface area (Å²) in [6, 6.07) is 15.1. The van der Waals surface area contributed by atoms with Gasteiger partial charge >= 0.3 is 0 Å². The molecule has 26 heavy (non-hydrogen) atoms. The Kier molecular flexibility index (Phi) is 5.04. The number of hydrogen-bond donors (Lipinski definition) is 2. The van der Waals surface area contributed by atoms with Crippen LogP contribution in [0.1, 0.15) is 0 Å². The van der Waals surface area contributed by atoms with Crippen molar-refractivity contribution in [2.75, 3.05) is 17.1 Å². The molecule has 3 aromatic rings. The molecule has 6 nitrogen and oxygen atoms in total. The third-order valence-corrected chi connectivity index (χ3v) is 4.88. The largest absolute Gasteiger partial charge is 0.497 e. The minimum atomic E-state index is -3.74. The number of aromatic nitrogens is 1. The van der Waals surface area contributed by atoms with Crippen molar-refractivity contribution in [3.8, 4) is 5.75 Å². The van der Waals surface area contributed by atoms with Gasteiger partial charge in [-0.15, -0.1) is 0 Å². The Balaban J connectivity index is 1.70. The molecule has 0 spiro atoms. The van der Waals surface area contributed by atoms with Gasteiger partial charge < -0.3 is 10.1 Å². The van der Waals surface area contributed by atoms with E-state index in [9.17, 15) is 12.8 Å². The maximum absolute atomic E-state index is 12.9. The second-order valence-corrected chi connectivity index (χ2v) is 7.03. The Hall–Kier alpha value is -3.13. The molecular formula is C18H16FN3O3S. The quantitative estimate of drug-likeness (QED) is 0.687. The molecular weight excluding hydrogens is 357 g/mol. The third kappa shape index (κ3) is 4.28. The Labute approximate surface area is 150 Å². The summed E-state index contributed by atoms with van der Waals surface area (Å²) < 4.78 is 45.1. The number of methoxy groups -OCH3 is 1. The SMILES string of the molecule is COc1ccc(S(=O)(=O)Nc2ccc(Nc3ccc(F)cc3)cn2)cc1. The van der Waals surface area contributed by atoms with E-state index in [0.717, 1.165) is 0 Å². The molecule has 0 aliphatic rings. The highest BCUT2D eigenvalue weighted by molar-refractivity contribution is 7.92. The van der Waals surface area contributed by atoms with Crippen LogP contribution in [0.3, 0.4) is 0 Å². The number of pyridine rings is 1. The molecule has 2 N–H and O–H groups in total. The number of anilines is 3. The van der Waals surface area contributed by atoms with Crippen molar-refractivity contribution in [1.29, 1.82) is 0 Å². The van der Waals surface area contributed by atoms with Gasteiger partial charge in [0, 0.05) is 5.69 Å². The van der Waals surface area contributed by atoms with Gasteiger partial charge in [-0.2, -0.15) is 0 Å². The molecule has 0 unspecified atom stereocenters. The zero-order valence-corrected chi connectivity index (χ0v) is 14.6. The van der Waals surface area contributed by atoms with E-state index in [1.165, 1.54) is 43.6 Å². The van der Waals surface area contributed by atoms with Gasteiger partial charge in [0.2, 0.25) is 0 Å². The van der Waals surface area contributed by atoms with Crippen LogP contribution in [-0.4, -0.2) is 20.5 Å². The number of nitrogens with one attached hydrogen (secondary N) is 2. The van der Waals surface area contributed by atoms with E-state index in [1.54, 1.807) is 30.3 Å². The van der Waals surface area contributed by atoms with Crippen molar-refractivity contribution in [3.63, 3.8) is 0 Å². The average Bonchev–Trinajstić information content (AvgIpc) is 2.65. The maximum atomic E-state index is 12.9. The predicted molar refractivity (Wildman–Crippen MR) is 97.7 cm³/mol. The Morgan fingerprint density at radius 3 is 2.15 bits per heavy atom. The molecule has 0 amide bonds. The van der Waals surface area contributed by atoms with Crippen LogP contribution >= 0.6 is 0 Å². The van der Waals surface area contributed by atoms with Gasteiger partial charge in [0.05, 0.1) is 23.9 Å². The summed E-state index contributed by atoms with van der Waals surface area (Å²) in [4.78, 5) is 4.19. The van der Waals surface area contributed by atoms with Crippen LogP contribution in [0.5, 0.6) is 5.75 Å². The number of sulfonamides is 1. The molecule has 0 fully saturated rings. The zero-order valence-electron chi connectivity index (χ0n) is 13.8. The molecule has 2 aromatic carbocycles. The van der Waals surface area contributed by atoms with Crippen molar-refractivity contribution in [3.05, 3.63) is 72.7 Å². The highest BCUT2D eigenvalue weighted by Gasteiger charge is 2.14. The third-order valence-electron chi connectivity index (χ3n) is 3.51. The topological polar surface area (TPSA) is 80.3 Å². The Morgan fingerprint density at radius 1 is 0.923 bits per heavy atom. The molecule has 0 radical (unpaired) electrons. The van der Waals surface area contributed by atoms with Crippen molar-refractivity contribution in [2.24, 2.45) is 0 Å². The average molecular weight is 373 g/mol. The fourth-order valence-corrected chi connectivity index (χ4v) is 3.19. The highest BCUT2D eigenvalue weighted by Crippen LogP contribution is 2.20. The van der Waals surface area contributed by atoms with E-state index in [2.05, 4.69) is 15.0 Å². The lowest BCUT2D eigenvalue weighted by Gasteiger charge is -2.10. The summed E-state index contributed by atoms with van der Waals surface area (Å²) in [5.41, 5.74) is 1.34. The number of benzene rings is 2. The summed E-state index contributed by atoms with van der Waals surface area (Å²) in [6.07, 6.45) is 1.48. The normalized spacial score (nSPS) is 11.0. The molecule has 3 rings (SSSR count). The van der Waals surface area contributed by atoms with Crippen molar-refractivity contribution >= 4 is 27.2 Å². The minimum absolute atomic E-state index is 0.105. The standard InChI is InChI=1S/C18H16FN3O3S/c1-25-16-7-9-17(10-8-16)26(23,24)22-18-11-6-15(12-20-18)21-14-4-2-13(19)3-5-14/h2-12,21H,1H3,(H,20,22).